The van der Waals surface area contributed by atoms with Crippen molar-refractivity contribution < 1.29 is 19.4 Å². The lowest BCUT2D eigenvalue weighted by Crippen LogP contribution is -2.72. The van der Waals surface area contributed by atoms with Crippen molar-refractivity contribution in [3.63, 3.8) is 0 Å². The summed E-state index contributed by atoms with van der Waals surface area (Å²) in [4.78, 5) is 15.4. The van der Waals surface area contributed by atoms with Gasteiger partial charge >= 0.3 is 0 Å². The largest absolute Gasteiger partial charge is 0.365 e. The zero-order chi connectivity index (χ0) is 14.7. The Morgan fingerprint density at radius 2 is 1.95 bits per heavy atom. The van der Waals surface area contributed by atoms with Crippen LogP contribution >= 0.6 is 0 Å². The third-order valence-electron chi connectivity index (χ3n) is 7.85. The fraction of sp³-hybridized carbons (Fsp3) is 0.938. The van der Waals surface area contributed by atoms with Crippen LogP contribution in [-0.4, -0.2) is 53.1 Å². The highest BCUT2D eigenvalue weighted by Crippen LogP contribution is 2.79. The monoisotopic (exact) mass is 293 g/mol. The fourth-order valence-electron chi connectivity index (χ4n) is 7.10. The number of hydrogen-bond donors (Lipinski definition) is 1. The zero-order valence-corrected chi connectivity index (χ0v) is 12.8. The summed E-state index contributed by atoms with van der Waals surface area (Å²) >= 11 is 0. The number of fused-ring (bicyclic) bond motifs is 1. The van der Waals surface area contributed by atoms with Gasteiger partial charge in [-0.3, -0.25) is 4.79 Å². The average Bonchev–Trinajstić information content (AvgIpc) is 2.97. The minimum atomic E-state index is -1.12. The molecule has 0 aromatic heterocycles. The molecule has 2 bridgehead atoms. The van der Waals surface area contributed by atoms with E-state index in [2.05, 4.69) is 11.9 Å². The van der Waals surface area contributed by atoms with Gasteiger partial charge in [-0.1, -0.05) is 0 Å². The number of likely N-dealkylation sites (tertiary alicyclic amines) is 1. The summed E-state index contributed by atoms with van der Waals surface area (Å²) in [7, 11) is 2.19. The SMILES string of the molecule is CN1CC[C@@]23C[C@@]4(O)CC[C@@]12CC[C@@]31C(=O)CO[C@@]1(C)O4. The Morgan fingerprint density at radius 1 is 1.19 bits per heavy atom. The summed E-state index contributed by atoms with van der Waals surface area (Å²) in [5, 5.41) is 11.0. The van der Waals surface area contributed by atoms with E-state index in [-0.39, 0.29) is 23.3 Å². The predicted molar refractivity (Wildman–Crippen MR) is 73.3 cm³/mol. The van der Waals surface area contributed by atoms with E-state index in [4.69, 9.17) is 9.47 Å². The Kier molecular flexibility index (Phi) is 2.00. The van der Waals surface area contributed by atoms with Gasteiger partial charge in [0.15, 0.2) is 17.4 Å². The molecule has 5 nitrogen and oxygen atoms in total. The molecule has 2 saturated carbocycles. The highest BCUT2D eigenvalue weighted by molar-refractivity contribution is 5.91. The number of rotatable bonds is 0. The molecule has 5 rings (SSSR count). The van der Waals surface area contributed by atoms with Crippen molar-refractivity contribution in [2.75, 3.05) is 20.2 Å². The van der Waals surface area contributed by atoms with Crippen molar-refractivity contribution in [1.29, 1.82) is 0 Å². The number of aliphatic hydroxyl groups is 1. The number of carbonyl (C=O) groups excluding carboxylic acids is 1. The molecule has 3 saturated heterocycles. The van der Waals surface area contributed by atoms with Gasteiger partial charge in [0.2, 0.25) is 0 Å². The van der Waals surface area contributed by atoms with Gasteiger partial charge in [-0.25, -0.2) is 0 Å². The maximum Gasteiger partial charge on any atom is 0.182 e. The second kappa shape index (κ2) is 3.23. The number of hydrogen-bond acceptors (Lipinski definition) is 5. The molecule has 2 aliphatic carbocycles. The summed E-state index contributed by atoms with van der Waals surface area (Å²) in [6.07, 6.45) is 4.98. The van der Waals surface area contributed by atoms with E-state index in [1.165, 1.54) is 0 Å². The van der Waals surface area contributed by atoms with Crippen LogP contribution in [0.3, 0.4) is 0 Å². The van der Waals surface area contributed by atoms with E-state index in [1.807, 2.05) is 6.92 Å². The zero-order valence-electron chi connectivity index (χ0n) is 12.8. The molecule has 5 heteroatoms. The fourth-order valence-corrected chi connectivity index (χ4v) is 7.10. The second-order valence-corrected chi connectivity index (χ2v) is 8.07. The lowest BCUT2D eigenvalue weighted by Gasteiger charge is -2.64. The van der Waals surface area contributed by atoms with Crippen LogP contribution in [0.1, 0.15) is 45.4 Å². The van der Waals surface area contributed by atoms with Gasteiger partial charge < -0.3 is 19.5 Å². The van der Waals surface area contributed by atoms with Crippen molar-refractivity contribution in [2.24, 2.45) is 10.8 Å². The van der Waals surface area contributed by atoms with E-state index < -0.39 is 17.0 Å². The summed E-state index contributed by atoms with van der Waals surface area (Å²) < 4.78 is 11.9. The van der Waals surface area contributed by atoms with Crippen molar-refractivity contribution in [2.45, 2.75) is 62.6 Å². The molecule has 3 heterocycles. The van der Waals surface area contributed by atoms with Gasteiger partial charge in [0, 0.05) is 23.8 Å². The van der Waals surface area contributed by atoms with Crippen LogP contribution in [0.4, 0.5) is 0 Å². The van der Waals surface area contributed by atoms with Crippen molar-refractivity contribution >= 4 is 5.78 Å². The Hall–Kier alpha value is -0.490. The molecule has 3 aliphatic heterocycles. The van der Waals surface area contributed by atoms with Crippen LogP contribution in [0.25, 0.3) is 0 Å². The number of ketones is 1. The highest BCUT2D eigenvalue weighted by Gasteiger charge is 2.85. The third kappa shape index (κ3) is 1.02. The first-order valence-electron chi connectivity index (χ1n) is 8.14. The van der Waals surface area contributed by atoms with Crippen LogP contribution in [-0.2, 0) is 14.3 Å². The molecule has 0 aromatic rings. The standard InChI is InChI=1S/C16H23NO4/c1-12-16(11(18)9-20-12)6-4-14-3-5-15(19,21-12)10-13(14,16)7-8-17(14)2/h19H,3-10H2,1-2H3/t12-,13+,14-,15+,16-/m0/s1. The molecule has 0 radical (unpaired) electrons. The van der Waals surface area contributed by atoms with E-state index >= 15 is 0 Å². The van der Waals surface area contributed by atoms with Crippen LogP contribution in [0, 0.1) is 10.8 Å². The van der Waals surface area contributed by atoms with Crippen LogP contribution in [0.2, 0.25) is 0 Å². The first kappa shape index (κ1) is 13.0. The highest BCUT2D eigenvalue weighted by atomic mass is 16.8. The number of ether oxygens (including phenoxy) is 2. The summed E-state index contributed by atoms with van der Waals surface area (Å²) in [6.45, 7) is 3.03. The van der Waals surface area contributed by atoms with Crippen molar-refractivity contribution in [3.05, 3.63) is 0 Å². The maximum absolute atomic E-state index is 12.9. The smallest absolute Gasteiger partial charge is 0.182 e. The number of nitrogens with zero attached hydrogens (tertiary/aromatic N) is 1. The van der Waals surface area contributed by atoms with E-state index in [9.17, 15) is 9.90 Å². The molecule has 5 fully saturated rings. The number of carbonyl (C=O) groups is 1. The number of Topliss-reactive ketones (excluding diaryl/α,β-unsaturated/α-hetero) is 1. The van der Waals surface area contributed by atoms with Crippen molar-refractivity contribution in [3.8, 4) is 0 Å². The molecule has 116 valence electrons. The topological polar surface area (TPSA) is 59.0 Å². The quantitative estimate of drug-likeness (QED) is 0.723. The molecule has 0 amide bonds. The molecule has 0 unspecified atom stereocenters. The normalized spacial score (nSPS) is 62.0. The third-order valence-corrected chi connectivity index (χ3v) is 7.85. The minimum absolute atomic E-state index is 0.0492. The molecule has 21 heavy (non-hydrogen) atoms. The second-order valence-electron chi connectivity index (χ2n) is 8.07. The van der Waals surface area contributed by atoms with Gasteiger partial charge in [0.1, 0.15) is 6.61 Å². The van der Waals surface area contributed by atoms with Crippen LogP contribution < -0.4 is 0 Å². The Morgan fingerprint density at radius 3 is 2.76 bits per heavy atom. The molecular formula is C16H23NO4. The average molecular weight is 293 g/mol. The Balaban J connectivity index is 1.82. The molecule has 1 N–H and O–H groups in total. The Labute approximate surface area is 124 Å². The summed E-state index contributed by atoms with van der Waals surface area (Å²) in [5.41, 5.74) is -0.687. The maximum atomic E-state index is 12.9. The minimum Gasteiger partial charge on any atom is -0.365 e. The first-order chi connectivity index (χ1) is 9.83. The molecule has 5 atom stereocenters. The molecule has 2 spiro atoms. The van der Waals surface area contributed by atoms with Gasteiger partial charge in [0.25, 0.3) is 0 Å². The molecule has 0 aromatic carbocycles. The van der Waals surface area contributed by atoms with Crippen molar-refractivity contribution in [1.82, 2.24) is 4.90 Å². The van der Waals surface area contributed by atoms with Gasteiger partial charge in [-0.2, -0.15) is 0 Å². The van der Waals surface area contributed by atoms with Gasteiger partial charge in [0.05, 0.1) is 5.41 Å². The predicted octanol–water partition coefficient (Wildman–Crippen LogP) is 1.05. The van der Waals surface area contributed by atoms with E-state index in [0.717, 1.165) is 32.2 Å². The Bertz CT molecular complexity index is 566. The van der Waals surface area contributed by atoms with Crippen LogP contribution in [0.5, 0.6) is 0 Å². The van der Waals surface area contributed by atoms with Crippen LogP contribution in [0.15, 0.2) is 0 Å². The van der Waals surface area contributed by atoms with E-state index in [0.29, 0.717) is 12.8 Å². The lowest BCUT2D eigenvalue weighted by atomic mass is 9.48. The van der Waals surface area contributed by atoms with Gasteiger partial charge in [-0.05, 0) is 46.2 Å². The van der Waals surface area contributed by atoms with E-state index in [1.54, 1.807) is 0 Å². The molecular weight excluding hydrogens is 270 g/mol. The molecule has 5 aliphatic rings. The van der Waals surface area contributed by atoms with Gasteiger partial charge in [-0.15, -0.1) is 0 Å². The first-order valence-corrected chi connectivity index (χ1v) is 8.14. The lowest BCUT2D eigenvalue weighted by molar-refractivity contribution is -0.419. The summed E-state index contributed by atoms with van der Waals surface area (Å²) in [5.74, 6) is -1.88. The summed E-state index contributed by atoms with van der Waals surface area (Å²) in [6, 6.07) is 0.